The smallest absolute Gasteiger partial charge is 0.416 e. The van der Waals surface area contributed by atoms with Crippen LogP contribution in [0.3, 0.4) is 0 Å². The molecule has 0 saturated heterocycles. The molecule has 0 aliphatic carbocycles. The first-order chi connectivity index (χ1) is 12.3. The maximum absolute atomic E-state index is 12.8. The van der Waals surface area contributed by atoms with Gasteiger partial charge in [0.25, 0.3) is 0 Å². The van der Waals surface area contributed by atoms with E-state index in [-0.39, 0.29) is 0 Å². The normalized spacial score (nSPS) is 17.5. The average molecular weight is 365 g/mol. The molecule has 0 amide bonds. The van der Waals surface area contributed by atoms with Crippen LogP contribution in [0, 0.1) is 0 Å². The summed E-state index contributed by atoms with van der Waals surface area (Å²) in [7, 11) is 1.82. The fourth-order valence-corrected chi connectivity index (χ4v) is 2.94. The third-order valence-electron chi connectivity index (χ3n) is 4.15. The molecular formula is C19H22F3N3O. The Hall–Kier alpha value is -2.54. The van der Waals surface area contributed by atoms with Crippen molar-refractivity contribution in [3.05, 3.63) is 65.0 Å². The number of halogens is 3. The molecule has 7 heteroatoms. The molecule has 1 aliphatic rings. The lowest BCUT2D eigenvalue weighted by atomic mass is 9.93. The van der Waals surface area contributed by atoms with Crippen LogP contribution in [0.4, 0.5) is 13.2 Å². The van der Waals surface area contributed by atoms with Gasteiger partial charge in [0.15, 0.2) is 0 Å². The van der Waals surface area contributed by atoms with Crippen molar-refractivity contribution in [2.45, 2.75) is 26.1 Å². The lowest BCUT2D eigenvalue weighted by molar-refractivity contribution is -0.137. The zero-order valence-corrected chi connectivity index (χ0v) is 14.9. The van der Waals surface area contributed by atoms with Crippen LogP contribution in [-0.2, 0) is 6.18 Å². The second-order valence-corrected chi connectivity index (χ2v) is 5.74. The summed E-state index contributed by atoms with van der Waals surface area (Å²) in [4.78, 5) is 5.97. The van der Waals surface area contributed by atoms with Crippen molar-refractivity contribution in [2.75, 3.05) is 13.6 Å². The average Bonchev–Trinajstić information content (AvgIpc) is 2.74. The Kier molecular flexibility index (Phi) is 5.92. The van der Waals surface area contributed by atoms with E-state index in [1.165, 1.54) is 6.07 Å². The largest absolute Gasteiger partial charge is 0.508 e. The van der Waals surface area contributed by atoms with E-state index < -0.39 is 23.5 Å². The Morgan fingerprint density at radius 3 is 2.50 bits per heavy atom. The summed E-state index contributed by atoms with van der Waals surface area (Å²) >= 11 is 0. The Labute approximate surface area is 150 Å². The molecule has 1 atom stereocenters. The lowest BCUT2D eigenvalue weighted by Gasteiger charge is -2.28. The summed E-state index contributed by atoms with van der Waals surface area (Å²) in [5, 5.41) is 10.2. The summed E-state index contributed by atoms with van der Waals surface area (Å²) in [6.07, 6.45) is 0.536. The number of pyridine rings is 1. The molecule has 1 aromatic heterocycles. The summed E-state index contributed by atoms with van der Waals surface area (Å²) in [5.74, 6) is -0.398. The maximum Gasteiger partial charge on any atom is 0.416 e. The van der Waals surface area contributed by atoms with Gasteiger partial charge in [0.05, 0.1) is 11.6 Å². The number of rotatable bonds is 1. The number of hydrogen-bond acceptors (Lipinski definition) is 4. The number of fused-ring (bicyclic) bond motifs is 1. The Morgan fingerprint density at radius 1 is 1.19 bits per heavy atom. The minimum atomic E-state index is -4.50. The number of benzene rings is 1. The van der Waals surface area contributed by atoms with Crippen molar-refractivity contribution >= 4 is 5.70 Å². The first-order valence-corrected chi connectivity index (χ1v) is 8.29. The van der Waals surface area contributed by atoms with E-state index in [0.29, 0.717) is 23.4 Å². The molecule has 2 heterocycles. The van der Waals surface area contributed by atoms with Crippen molar-refractivity contribution in [3.8, 4) is 5.75 Å². The van der Waals surface area contributed by atoms with Gasteiger partial charge in [-0.15, -0.1) is 0 Å². The van der Waals surface area contributed by atoms with Gasteiger partial charge in [-0.25, -0.2) is 0 Å². The van der Waals surface area contributed by atoms with E-state index in [2.05, 4.69) is 4.98 Å². The zero-order valence-electron chi connectivity index (χ0n) is 14.9. The van der Waals surface area contributed by atoms with Gasteiger partial charge in [0.1, 0.15) is 5.75 Å². The van der Waals surface area contributed by atoms with E-state index in [1.54, 1.807) is 18.5 Å². The molecule has 0 fully saturated rings. The number of phenols is 1. The second-order valence-electron chi connectivity index (χ2n) is 5.74. The van der Waals surface area contributed by atoms with Gasteiger partial charge in [-0.05, 0) is 36.9 Å². The van der Waals surface area contributed by atoms with Crippen LogP contribution in [0.15, 0.2) is 42.7 Å². The lowest BCUT2D eigenvalue weighted by Crippen LogP contribution is -2.25. The topological polar surface area (TPSA) is 62.4 Å². The molecule has 0 bridgehead atoms. The molecule has 0 radical (unpaired) electrons. The molecule has 0 saturated carbocycles. The summed E-state index contributed by atoms with van der Waals surface area (Å²) in [6, 6.07) is 4.38. The van der Waals surface area contributed by atoms with Crippen LogP contribution in [0.1, 0.15) is 42.1 Å². The second kappa shape index (κ2) is 7.78. The van der Waals surface area contributed by atoms with Crippen LogP contribution >= 0.6 is 0 Å². The van der Waals surface area contributed by atoms with Crippen molar-refractivity contribution < 1.29 is 18.3 Å². The number of likely N-dealkylation sites (N-methyl/N-ethyl adjacent to an activating group) is 1. The predicted molar refractivity (Wildman–Crippen MR) is 95.3 cm³/mol. The minimum Gasteiger partial charge on any atom is -0.508 e. The quantitative estimate of drug-likeness (QED) is 0.796. The van der Waals surface area contributed by atoms with Crippen LogP contribution in [-0.4, -0.2) is 28.6 Å². The van der Waals surface area contributed by atoms with Crippen LogP contribution in [0.5, 0.6) is 5.75 Å². The molecule has 140 valence electrons. The first-order valence-electron chi connectivity index (χ1n) is 8.29. The number of phenolic OH excluding ortho intramolecular Hbond substituents is 1. The van der Waals surface area contributed by atoms with Crippen molar-refractivity contribution in [1.29, 1.82) is 0 Å². The van der Waals surface area contributed by atoms with Gasteiger partial charge in [0.2, 0.25) is 0 Å². The van der Waals surface area contributed by atoms with E-state index in [4.69, 9.17) is 5.73 Å². The minimum absolute atomic E-state index is 0.390. The van der Waals surface area contributed by atoms with Gasteiger partial charge in [-0.1, -0.05) is 19.9 Å². The van der Waals surface area contributed by atoms with Crippen LogP contribution in [0.2, 0.25) is 0 Å². The zero-order chi connectivity index (χ0) is 19.5. The van der Waals surface area contributed by atoms with Crippen LogP contribution in [0.25, 0.3) is 5.70 Å². The molecule has 1 aromatic carbocycles. The molecule has 26 heavy (non-hydrogen) atoms. The molecule has 3 rings (SSSR count). The fourth-order valence-electron chi connectivity index (χ4n) is 2.94. The molecule has 2 aromatic rings. The first kappa shape index (κ1) is 19.8. The number of alkyl halides is 3. The molecule has 4 nitrogen and oxygen atoms in total. The highest BCUT2D eigenvalue weighted by Gasteiger charge is 2.33. The summed E-state index contributed by atoms with van der Waals surface area (Å²) in [6.45, 7) is 4.49. The number of aromatic hydroxyl groups is 1. The van der Waals surface area contributed by atoms with E-state index in [1.807, 2.05) is 31.9 Å². The number of aromatic nitrogens is 1. The Balaban J connectivity index is 0.00000117. The maximum atomic E-state index is 12.8. The van der Waals surface area contributed by atoms with Crippen molar-refractivity contribution in [3.63, 3.8) is 0 Å². The van der Waals surface area contributed by atoms with Gasteiger partial charge in [0, 0.05) is 35.8 Å². The molecule has 1 unspecified atom stereocenters. The van der Waals surface area contributed by atoms with E-state index in [0.717, 1.165) is 17.7 Å². The van der Waals surface area contributed by atoms with Gasteiger partial charge < -0.3 is 10.8 Å². The van der Waals surface area contributed by atoms with E-state index in [9.17, 15) is 18.3 Å². The van der Waals surface area contributed by atoms with Gasteiger partial charge in [-0.2, -0.15) is 13.2 Å². The fraction of sp³-hybridized carbons (Fsp3) is 0.316. The van der Waals surface area contributed by atoms with Gasteiger partial charge >= 0.3 is 6.18 Å². The molecular weight excluding hydrogens is 343 g/mol. The van der Waals surface area contributed by atoms with Crippen LogP contribution < -0.4 is 5.73 Å². The third kappa shape index (κ3) is 3.83. The summed E-state index contributed by atoms with van der Waals surface area (Å²) in [5.41, 5.74) is 7.61. The SMILES string of the molecule is CC.CN1CC=C(N)c2cnccc2C1c1ccc(C(F)(F)F)cc1O. The number of nitrogens with two attached hydrogens (primary N) is 1. The Morgan fingerprint density at radius 2 is 1.88 bits per heavy atom. The predicted octanol–water partition coefficient (Wildman–Crippen LogP) is 4.17. The number of hydrogen-bond donors (Lipinski definition) is 2. The summed E-state index contributed by atoms with van der Waals surface area (Å²) < 4.78 is 38.5. The highest BCUT2D eigenvalue weighted by atomic mass is 19.4. The Bertz CT molecular complexity index is 803. The van der Waals surface area contributed by atoms with Crippen molar-refractivity contribution in [2.24, 2.45) is 5.73 Å². The molecule has 1 aliphatic heterocycles. The standard InChI is InChI=1S/C17H16F3N3O.C2H6/c1-23-7-5-14(21)13-9-22-6-4-11(13)16(23)12-3-2-10(8-15(12)24)17(18,19)20;1-2/h2-6,8-9,16,24H,7,21H2,1H3;1-2H3. The van der Waals surface area contributed by atoms with E-state index >= 15 is 0 Å². The highest BCUT2D eigenvalue weighted by Crippen LogP contribution is 2.40. The van der Waals surface area contributed by atoms with Crippen molar-refractivity contribution in [1.82, 2.24) is 9.88 Å². The molecule has 3 N–H and O–H groups in total. The van der Waals surface area contributed by atoms with Gasteiger partial charge in [-0.3, -0.25) is 9.88 Å². The monoisotopic (exact) mass is 365 g/mol. The molecule has 0 spiro atoms. The highest BCUT2D eigenvalue weighted by molar-refractivity contribution is 5.67. The third-order valence-corrected chi connectivity index (χ3v) is 4.15. The number of nitrogens with zero attached hydrogens (tertiary/aromatic N) is 2.